The number of hydrogen-bond acceptors (Lipinski definition) is 2. The lowest BCUT2D eigenvalue weighted by Crippen LogP contribution is -2.05. The highest BCUT2D eigenvalue weighted by molar-refractivity contribution is 5.93. The predicted octanol–water partition coefficient (Wildman–Crippen LogP) is 2.81. The number of rotatable bonds is 2. The van der Waals surface area contributed by atoms with Gasteiger partial charge < -0.3 is 5.01 Å². The fourth-order valence-corrected chi connectivity index (χ4v) is 1.79. The average Bonchev–Trinajstić information content (AvgIpc) is 2.04. The van der Waals surface area contributed by atoms with Gasteiger partial charge in [-0.1, -0.05) is 12.0 Å². The molecule has 0 bridgehead atoms. The van der Waals surface area contributed by atoms with Crippen molar-refractivity contribution < 1.29 is 0 Å². The molecule has 13 heavy (non-hydrogen) atoms. The van der Waals surface area contributed by atoms with Gasteiger partial charge in [0.05, 0.1) is 5.71 Å². The van der Waals surface area contributed by atoms with Gasteiger partial charge in [0.25, 0.3) is 0 Å². The first-order valence-corrected chi connectivity index (χ1v) is 5.10. The first-order chi connectivity index (χ1) is 6.18. The van der Waals surface area contributed by atoms with Gasteiger partial charge in [-0.3, -0.25) is 0 Å². The average molecular weight is 180 g/mol. The summed E-state index contributed by atoms with van der Waals surface area (Å²) < 4.78 is 0. The standard InChI is InChI=1S/C11H20N2/c1-10(12-13(2)3)9-11-7-5-4-6-8-11/h9H,4-8H2,1-3H3/b12-10+. The molecule has 0 atom stereocenters. The highest BCUT2D eigenvalue weighted by Crippen LogP contribution is 2.22. The molecule has 0 amide bonds. The maximum absolute atomic E-state index is 4.35. The monoisotopic (exact) mass is 180 g/mol. The topological polar surface area (TPSA) is 15.6 Å². The van der Waals surface area contributed by atoms with Crippen LogP contribution in [0.15, 0.2) is 16.8 Å². The van der Waals surface area contributed by atoms with Crippen LogP contribution in [0.3, 0.4) is 0 Å². The molecular formula is C11H20N2. The van der Waals surface area contributed by atoms with Crippen molar-refractivity contribution in [3.8, 4) is 0 Å². The molecule has 0 saturated heterocycles. The molecule has 0 aromatic rings. The third-order valence-corrected chi connectivity index (χ3v) is 2.27. The summed E-state index contributed by atoms with van der Waals surface area (Å²) in [7, 11) is 3.92. The molecule has 0 N–H and O–H groups in total. The van der Waals surface area contributed by atoms with E-state index >= 15 is 0 Å². The molecule has 2 heteroatoms. The Balaban J connectivity index is 2.52. The number of nitrogens with zero attached hydrogens (tertiary/aromatic N) is 2. The van der Waals surface area contributed by atoms with E-state index in [1.54, 1.807) is 5.57 Å². The van der Waals surface area contributed by atoms with Crippen LogP contribution in [-0.4, -0.2) is 24.8 Å². The summed E-state index contributed by atoms with van der Waals surface area (Å²) in [5.74, 6) is 0. The molecule has 0 aliphatic heterocycles. The van der Waals surface area contributed by atoms with Crippen LogP contribution < -0.4 is 0 Å². The third kappa shape index (κ3) is 4.11. The summed E-state index contributed by atoms with van der Waals surface area (Å²) in [6.45, 7) is 2.07. The van der Waals surface area contributed by atoms with Gasteiger partial charge in [0, 0.05) is 14.1 Å². The van der Waals surface area contributed by atoms with E-state index in [4.69, 9.17) is 0 Å². The lowest BCUT2D eigenvalue weighted by atomic mass is 9.94. The maximum atomic E-state index is 4.35. The number of hydrazone groups is 1. The second-order valence-electron chi connectivity index (χ2n) is 3.95. The van der Waals surface area contributed by atoms with Crippen molar-refractivity contribution in [2.24, 2.45) is 5.10 Å². The van der Waals surface area contributed by atoms with E-state index in [-0.39, 0.29) is 0 Å². The van der Waals surface area contributed by atoms with Gasteiger partial charge in [-0.25, -0.2) is 0 Å². The molecule has 0 heterocycles. The maximum Gasteiger partial charge on any atom is 0.0573 e. The largest absolute Gasteiger partial charge is 0.303 e. The Kier molecular flexibility index (Phi) is 4.00. The Hall–Kier alpha value is -0.790. The van der Waals surface area contributed by atoms with Crippen LogP contribution in [0.25, 0.3) is 0 Å². The number of hydrogen-bond donors (Lipinski definition) is 0. The van der Waals surface area contributed by atoms with Crippen molar-refractivity contribution in [1.29, 1.82) is 0 Å². The van der Waals surface area contributed by atoms with Crippen LogP contribution in [0.1, 0.15) is 39.0 Å². The minimum absolute atomic E-state index is 1.13. The zero-order valence-corrected chi connectivity index (χ0v) is 9.01. The molecule has 1 aliphatic rings. The lowest BCUT2D eigenvalue weighted by Gasteiger charge is -2.13. The molecule has 0 aromatic heterocycles. The van der Waals surface area contributed by atoms with Crippen molar-refractivity contribution in [3.05, 3.63) is 11.6 Å². The molecule has 74 valence electrons. The summed E-state index contributed by atoms with van der Waals surface area (Å²) >= 11 is 0. The number of allylic oxidation sites excluding steroid dienone is 2. The second kappa shape index (κ2) is 5.05. The molecule has 0 radical (unpaired) electrons. The van der Waals surface area contributed by atoms with E-state index < -0.39 is 0 Å². The van der Waals surface area contributed by atoms with Gasteiger partial charge in [0.2, 0.25) is 0 Å². The minimum Gasteiger partial charge on any atom is -0.303 e. The fourth-order valence-electron chi connectivity index (χ4n) is 1.79. The van der Waals surface area contributed by atoms with Gasteiger partial charge >= 0.3 is 0 Å². The summed E-state index contributed by atoms with van der Waals surface area (Å²) in [6.07, 6.45) is 8.93. The van der Waals surface area contributed by atoms with Gasteiger partial charge in [-0.05, 0) is 38.7 Å². The third-order valence-electron chi connectivity index (χ3n) is 2.27. The Morgan fingerprint density at radius 3 is 2.38 bits per heavy atom. The molecule has 0 unspecified atom stereocenters. The van der Waals surface area contributed by atoms with Crippen molar-refractivity contribution in [1.82, 2.24) is 5.01 Å². The first kappa shape index (κ1) is 10.3. The van der Waals surface area contributed by atoms with Crippen molar-refractivity contribution in [2.45, 2.75) is 39.0 Å². The van der Waals surface area contributed by atoms with Crippen LogP contribution in [0, 0.1) is 0 Å². The molecule has 0 aromatic carbocycles. The minimum atomic E-state index is 1.13. The van der Waals surface area contributed by atoms with Gasteiger partial charge in [0.1, 0.15) is 0 Å². The van der Waals surface area contributed by atoms with Gasteiger partial charge in [-0.2, -0.15) is 5.10 Å². The molecule has 1 rings (SSSR count). The Morgan fingerprint density at radius 2 is 1.85 bits per heavy atom. The molecule has 2 nitrogen and oxygen atoms in total. The fraction of sp³-hybridized carbons (Fsp3) is 0.727. The van der Waals surface area contributed by atoms with E-state index in [1.807, 2.05) is 19.1 Å². The summed E-state index contributed by atoms with van der Waals surface area (Å²) in [6, 6.07) is 0. The molecule has 1 fully saturated rings. The van der Waals surface area contributed by atoms with E-state index in [9.17, 15) is 0 Å². The van der Waals surface area contributed by atoms with Crippen molar-refractivity contribution >= 4 is 5.71 Å². The van der Waals surface area contributed by atoms with Crippen molar-refractivity contribution in [3.63, 3.8) is 0 Å². The van der Waals surface area contributed by atoms with Gasteiger partial charge in [0.15, 0.2) is 0 Å². The zero-order chi connectivity index (χ0) is 9.68. The van der Waals surface area contributed by atoms with E-state index in [0.717, 1.165) is 5.71 Å². The highest BCUT2D eigenvalue weighted by atomic mass is 15.4. The summed E-state index contributed by atoms with van der Waals surface area (Å²) in [5, 5.41) is 6.20. The quantitative estimate of drug-likeness (QED) is 0.471. The molecule has 1 aliphatic carbocycles. The second-order valence-corrected chi connectivity index (χ2v) is 3.95. The van der Waals surface area contributed by atoms with Crippen molar-refractivity contribution in [2.75, 3.05) is 14.1 Å². The summed E-state index contributed by atoms with van der Waals surface area (Å²) in [5.41, 5.74) is 2.70. The zero-order valence-electron chi connectivity index (χ0n) is 9.01. The van der Waals surface area contributed by atoms with Crippen LogP contribution in [0.2, 0.25) is 0 Å². The van der Waals surface area contributed by atoms with E-state index in [0.29, 0.717) is 0 Å². The normalized spacial score (nSPS) is 18.7. The first-order valence-electron chi connectivity index (χ1n) is 5.10. The van der Waals surface area contributed by atoms with E-state index in [2.05, 4.69) is 18.1 Å². The van der Waals surface area contributed by atoms with Crippen LogP contribution in [-0.2, 0) is 0 Å². The predicted molar refractivity (Wildman–Crippen MR) is 58.0 cm³/mol. The summed E-state index contributed by atoms with van der Waals surface area (Å²) in [4.78, 5) is 0. The van der Waals surface area contributed by atoms with Crippen LogP contribution in [0.5, 0.6) is 0 Å². The van der Waals surface area contributed by atoms with E-state index in [1.165, 1.54) is 32.1 Å². The van der Waals surface area contributed by atoms with Crippen LogP contribution >= 0.6 is 0 Å². The smallest absolute Gasteiger partial charge is 0.0573 e. The Morgan fingerprint density at radius 1 is 1.23 bits per heavy atom. The van der Waals surface area contributed by atoms with Gasteiger partial charge in [-0.15, -0.1) is 0 Å². The Labute approximate surface area is 81.3 Å². The molecule has 1 saturated carbocycles. The molecular weight excluding hydrogens is 160 g/mol. The Bertz CT molecular complexity index is 206. The highest BCUT2D eigenvalue weighted by Gasteiger charge is 2.04. The lowest BCUT2D eigenvalue weighted by molar-refractivity contribution is 0.438. The van der Waals surface area contributed by atoms with Crippen LogP contribution in [0.4, 0.5) is 0 Å². The SMILES string of the molecule is C/C(C=C1CCCCC1)=N\N(C)C. The molecule has 0 spiro atoms.